The standard InChI is InChI=1S/C20H28N2O5S/c1-15(19(23)21-14-13-16-7-5-4-6-8-16)27-20(24)17-9-11-18(12-10-17)28(25,26)22(2)3/h7,9-12,15H,4-6,8,13-14H2,1-3H3,(H,21,23)/t15-/m1/s1. The molecule has 0 fully saturated rings. The number of carbonyl (C=O) groups is 2. The van der Waals surface area contributed by atoms with E-state index in [4.69, 9.17) is 4.74 Å². The fraction of sp³-hybridized carbons (Fsp3) is 0.500. The molecule has 1 aromatic carbocycles. The first-order chi connectivity index (χ1) is 13.2. The van der Waals surface area contributed by atoms with Gasteiger partial charge in [-0.2, -0.15) is 0 Å². The van der Waals surface area contributed by atoms with Gasteiger partial charge in [-0.1, -0.05) is 11.6 Å². The summed E-state index contributed by atoms with van der Waals surface area (Å²) in [5, 5.41) is 2.79. The van der Waals surface area contributed by atoms with Crippen molar-refractivity contribution in [2.45, 2.75) is 50.0 Å². The molecule has 0 heterocycles. The first-order valence-corrected chi connectivity index (χ1v) is 10.8. The minimum atomic E-state index is -3.56. The second-order valence-corrected chi connectivity index (χ2v) is 9.16. The van der Waals surface area contributed by atoms with Crippen LogP contribution < -0.4 is 5.32 Å². The largest absolute Gasteiger partial charge is 0.449 e. The first-order valence-electron chi connectivity index (χ1n) is 9.41. The van der Waals surface area contributed by atoms with Gasteiger partial charge in [0.05, 0.1) is 10.5 Å². The molecule has 0 unspecified atom stereocenters. The summed E-state index contributed by atoms with van der Waals surface area (Å²) in [7, 11) is -0.697. The summed E-state index contributed by atoms with van der Waals surface area (Å²) in [6, 6.07) is 5.43. The molecule has 1 atom stereocenters. The molecule has 1 aliphatic rings. The summed E-state index contributed by atoms with van der Waals surface area (Å²) in [4.78, 5) is 24.4. The molecule has 8 heteroatoms. The first kappa shape index (κ1) is 22.1. The Labute approximate surface area is 166 Å². The van der Waals surface area contributed by atoms with Crippen LogP contribution in [0.5, 0.6) is 0 Å². The maximum absolute atomic E-state index is 12.2. The molecule has 1 aromatic rings. The molecular formula is C20H28N2O5S. The number of benzene rings is 1. The highest BCUT2D eigenvalue weighted by atomic mass is 32.2. The van der Waals surface area contributed by atoms with E-state index >= 15 is 0 Å². The SMILES string of the molecule is C[C@@H](OC(=O)c1ccc(S(=O)(=O)N(C)C)cc1)C(=O)NCCC1=CCCCC1. The Morgan fingerprint density at radius 3 is 2.43 bits per heavy atom. The number of carbonyl (C=O) groups excluding carboxylic acids is 2. The van der Waals surface area contributed by atoms with Crippen LogP contribution in [-0.2, 0) is 19.6 Å². The predicted molar refractivity (Wildman–Crippen MR) is 106 cm³/mol. The molecule has 0 spiro atoms. The number of rotatable bonds is 8. The zero-order chi connectivity index (χ0) is 20.7. The lowest BCUT2D eigenvalue weighted by atomic mass is 9.97. The molecule has 1 N–H and O–H groups in total. The molecule has 0 radical (unpaired) electrons. The summed E-state index contributed by atoms with van der Waals surface area (Å²) in [5.74, 6) is -1.02. The van der Waals surface area contributed by atoms with E-state index in [0.717, 1.165) is 23.6 Å². The van der Waals surface area contributed by atoms with Gasteiger partial charge in [0, 0.05) is 20.6 Å². The number of nitrogens with zero attached hydrogens (tertiary/aromatic N) is 1. The van der Waals surface area contributed by atoms with Crippen LogP contribution in [0.4, 0.5) is 0 Å². The Hall–Kier alpha value is -2.19. The van der Waals surface area contributed by atoms with Crippen molar-refractivity contribution in [1.29, 1.82) is 0 Å². The van der Waals surface area contributed by atoms with Gasteiger partial charge in [0.25, 0.3) is 5.91 Å². The van der Waals surface area contributed by atoms with E-state index < -0.39 is 22.1 Å². The van der Waals surface area contributed by atoms with Crippen LogP contribution in [0.25, 0.3) is 0 Å². The third kappa shape index (κ3) is 5.90. The molecule has 0 aliphatic heterocycles. The van der Waals surface area contributed by atoms with Crippen molar-refractivity contribution in [3.05, 3.63) is 41.5 Å². The molecular weight excluding hydrogens is 380 g/mol. The normalized spacial score (nSPS) is 15.6. The van der Waals surface area contributed by atoms with E-state index in [1.165, 1.54) is 63.7 Å². The molecule has 28 heavy (non-hydrogen) atoms. The smallest absolute Gasteiger partial charge is 0.338 e. The van der Waals surface area contributed by atoms with Crippen molar-refractivity contribution in [2.24, 2.45) is 0 Å². The van der Waals surface area contributed by atoms with E-state index in [2.05, 4.69) is 11.4 Å². The molecule has 7 nitrogen and oxygen atoms in total. The number of nitrogens with one attached hydrogen (secondary N) is 1. The van der Waals surface area contributed by atoms with Crippen molar-refractivity contribution in [1.82, 2.24) is 9.62 Å². The predicted octanol–water partition coefficient (Wildman–Crippen LogP) is 2.49. The average molecular weight is 409 g/mol. The van der Waals surface area contributed by atoms with Crippen LogP contribution in [0.2, 0.25) is 0 Å². The zero-order valence-electron chi connectivity index (χ0n) is 16.6. The van der Waals surface area contributed by atoms with Gasteiger partial charge in [-0.15, -0.1) is 0 Å². The van der Waals surface area contributed by atoms with Crippen molar-refractivity contribution >= 4 is 21.9 Å². The minimum Gasteiger partial charge on any atom is -0.449 e. The monoisotopic (exact) mass is 408 g/mol. The lowest BCUT2D eigenvalue weighted by molar-refractivity contribution is -0.129. The Kier molecular flexibility index (Phi) is 7.77. The lowest BCUT2D eigenvalue weighted by Crippen LogP contribution is -2.36. The minimum absolute atomic E-state index is 0.0804. The maximum atomic E-state index is 12.2. The molecule has 1 amide bonds. The van der Waals surface area contributed by atoms with Crippen molar-refractivity contribution in [3.63, 3.8) is 0 Å². The van der Waals surface area contributed by atoms with Crippen LogP contribution in [0.1, 0.15) is 49.4 Å². The quantitative estimate of drug-likeness (QED) is 0.527. The fourth-order valence-corrected chi connectivity index (χ4v) is 3.78. The van der Waals surface area contributed by atoms with Crippen molar-refractivity contribution in [3.8, 4) is 0 Å². The highest BCUT2D eigenvalue weighted by Gasteiger charge is 2.21. The summed E-state index contributed by atoms with van der Waals surface area (Å²) >= 11 is 0. The van der Waals surface area contributed by atoms with Crippen molar-refractivity contribution < 1.29 is 22.7 Å². The highest BCUT2D eigenvalue weighted by Crippen LogP contribution is 2.19. The van der Waals surface area contributed by atoms with Gasteiger partial charge in [-0.25, -0.2) is 17.5 Å². The highest BCUT2D eigenvalue weighted by molar-refractivity contribution is 7.89. The average Bonchev–Trinajstić information content (AvgIpc) is 2.68. The topological polar surface area (TPSA) is 92.8 Å². The van der Waals surface area contributed by atoms with Crippen LogP contribution in [-0.4, -0.2) is 51.3 Å². The molecule has 2 rings (SSSR count). The number of hydrogen-bond donors (Lipinski definition) is 1. The van der Waals surface area contributed by atoms with Gasteiger partial charge in [0.15, 0.2) is 6.10 Å². The molecule has 0 saturated carbocycles. The molecule has 154 valence electrons. The number of esters is 1. The summed E-state index contributed by atoms with van der Waals surface area (Å²) in [5.41, 5.74) is 1.55. The second kappa shape index (κ2) is 9.84. The summed E-state index contributed by atoms with van der Waals surface area (Å²) in [6.45, 7) is 2.03. The Morgan fingerprint density at radius 1 is 1.18 bits per heavy atom. The Bertz CT molecular complexity index is 829. The Balaban J connectivity index is 1.85. The number of allylic oxidation sites excluding steroid dienone is 1. The van der Waals surface area contributed by atoms with E-state index in [1.807, 2.05) is 0 Å². The molecule has 0 saturated heterocycles. The van der Waals surface area contributed by atoms with Gasteiger partial charge in [0.1, 0.15) is 0 Å². The number of sulfonamides is 1. The van der Waals surface area contributed by atoms with E-state index in [1.54, 1.807) is 0 Å². The van der Waals surface area contributed by atoms with Gasteiger partial charge >= 0.3 is 5.97 Å². The second-order valence-electron chi connectivity index (χ2n) is 7.01. The van der Waals surface area contributed by atoms with E-state index in [-0.39, 0.29) is 16.4 Å². The zero-order valence-corrected chi connectivity index (χ0v) is 17.4. The number of hydrogen-bond acceptors (Lipinski definition) is 5. The van der Waals surface area contributed by atoms with Gasteiger partial charge in [-0.3, -0.25) is 4.79 Å². The van der Waals surface area contributed by atoms with Crippen LogP contribution in [0.15, 0.2) is 40.8 Å². The number of ether oxygens (including phenoxy) is 1. The van der Waals surface area contributed by atoms with Crippen molar-refractivity contribution in [2.75, 3.05) is 20.6 Å². The van der Waals surface area contributed by atoms with Gasteiger partial charge in [-0.05, 0) is 63.3 Å². The van der Waals surface area contributed by atoms with E-state index in [0.29, 0.717) is 6.54 Å². The maximum Gasteiger partial charge on any atom is 0.338 e. The molecule has 1 aliphatic carbocycles. The summed E-state index contributed by atoms with van der Waals surface area (Å²) < 4.78 is 30.4. The third-order valence-corrected chi connectivity index (χ3v) is 6.48. The third-order valence-electron chi connectivity index (χ3n) is 4.65. The fourth-order valence-electron chi connectivity index (χ4n) is 2.88. The van der Waals surface area contributed by atoms with Crippen LogP contribution >= 0.6 is 0 Å². The van der Waals surface area contributed by atoms with Gasteiger partial charge < -0.3 is 10.1 Å². The van der Waals surface area contributed by atoms with E-state index in [9.17, 15) is 18.0 Å². The summed E-state index contributed by atoms with van der Waals surface area (Å²) in [6.07, 6.45) is 6.73. The van der Waals surface area contributed by atoms with Gasteiger partial charge in [0.2, 0.25) is 10.0 Å². The lowest BCUT2D eigenvalue weighted by Gasteiger charge is -2.16. The molecule has 0 bridgehead atoms. The number of amides is 1. The molecule has 0 aromatic heterocycles. The van der Waals surface area contributed by atoms with Crippen LogP contribution in [0, 0.1) is 0 Å². The Morgan fingerprint density at radius 2 is 1.86 bits per heavy atom. The van der Waals surface area contributed by atoms with Crippen LogP contribution in [0.3, 0.4) is 0 Å².